The number of carbonyl (C=O) groups is 7. The van der Waals surface area contributed by atoms with Crippen molar-refractivity contribution in [2.75, 3.05) is 0 Å². The highest BCUT2D eigenvalue weighted by molar-refractivity contribution is 5.96. The van der Waals surface area contributed by atoms with Gasteiger partial charge in [-0.1, -0.05) is 13.8 Å². The topological polar surface area (TPSA) is 289 Å². The first-order chi connectivity index (χ1) is 19.1. The second-order valence-electron chi connectivity index (χ2n) is 9.87. The quantitative estimate of drug-likeness (QED) is 0.0846. The Kier molecular flexibility index (Phi) is 13.9. The number of aliphatic carboxylic acids is 2. The zero-order chi connectivity index (χ0) is 31.3. The van der Waals surface area contributed by atoms with Crippen LogP contribution in [0.1, 0.15) is 52.1 Å². The Morgan fingerprint density at radius 3 is 1.98 bits per heavy atom. The Labute approximate surface area is 235 Å². The molecule has 0 fully saturated rings. The van der Waals surface area contributed by atoms with Gasteiger partial charge in [-0.15, -0.1) is 0 Å². The van der Waals surface area contributed by atoms with E-state index in [-0.39, 0.29) is 31.6 Å². The number of hydrogen-bond acceptors (Lipinski definition) is 9. The van der Waals surface area contributed by atoms with Crippen LogP contribution in [0, 0.1) is 5.92 Å². The Morgan fingerprint density at radius 2 is 1.46 bits per heavy atom. The highest BCUT2D eigenvalue weighted by Crippen LogP contribution is 2.07. The molecule has 0 aliphatic carbocycles. The molecule has 228 valence electrons. The molecule has 5 atom stereocenters. The van der Waals surface area contributed by atoms with E-state index < -0.39 is 78.1 Å². The molecule has 17 nitrogen and oxygen atoms in total. The standard InChI is InChI=1S/C24H38N8O9/c1-11(2)6-17(24(40)41)32-22(38)15(4-5-18(26)33)30-23(39)16(8-19(34)35)31-20(36)12(3)29-21(37)14(25)7-13-9-27-10-28-13/h9-12,14-17H,4-8,25H2,1-3H3,(H2,26,33)(H,27,28)(H,29,37)(H,30,39)(H,31,36)(H,32,38)(H,34,35)(H,40,41)/t12-,14-,15-,16-,17-/m0/s1. The van der Waals surface area contributed by atoms with E-state index in [4.69, 9.17) is 11.5 Å². The van der Waals surface area contributed by atoms with Crippen molar-refractivity contribution in [2.24, 2.45) is 17.4 Å². The summed E-state index contributed by atoms with van der Waals surface area (Å²) >= 11 is 0. The molecule has 1 rings (SSSR count). The van der Waals surface area contributed by atoms with Crippen LogP contribution in [0.3, 0.4) is 0 Å². The van der Waals surface area contributed by atoms with Crippen molar-refractivity contribution < 1.29 is 43.8 Å². The smallest absolute Gasteiger partial charge is 0.326 e. The number of nitrogens with one attached hydrogen (secondary N) is 5. The van der Waals surface area contributed by atoms with Gasteiger partial charge in [0.1, 0.15) is 24.2 Å². The number of aromatic amines is 1. The molecule has 11 N–H and O–H groups in total. The maximum Gasteiger partial charge on any atom is 0.326 e. The van der Waals surface area contributed by atoms with Gasteiger partial charge >= 0.3 is 11.9 Å². The molecule has 1 aromatic heterocycles. The number of H-pyrrole nitrogens is 1. The minimum absolute atomic E-state index is 0.0738. The summed E-state index contributed by atoms with van der Waals surface area (Å²) in [4.78, 5) is 91.8. The SMILES string of the molecule is CC(C)C[C@H](NC(=O)[C@H](CCC(N)=O)NC(=O)[C@H](CC(=O)O)NC(=O)[C@H](C)NC(=O)[C@@H](N)Cc1cnc[nH]1)C(=O)O. The molecule has 1 aromatic rings. The third kappa shape index (κ3) is 12.9. The van der Waals surface area contributed by atoms with E-state index >= 15 is 0 Å². The molecule has 1 heterocycles. The van der Waals surface area contributed by atoms with Crippen molar-refractivity contribution in [2.45, 2.75) is 83.1 Å². The Bertz CT molecular complexity index is 1090. The molecule has 0 saturated carbocycles. The molecule has 5 amide bonds. The van der Waals surface area contributed by atoms with Crippen molar-refractivity contribution in [3.05, 3.63) is 18.2 Å². The van der Waals surface area contributed by atoms with Gasteiger partial charge in [0.05, 0.1) is 18.8 Å². The number of hydrogen-bond donors (Lipinski definition) is 9. The van der Waals surface area contributed by atoms with Crippen molar-refractivity contribution in [3.63, 3.8) is 0 Å². The maximum atomic E-state index is 13.0. The third-order valence-electron chi connectivity index (χ3n) is 5.73. The lowest BCUT2D eigenvalue weighted by Crippen LogP contribution is -2.58. The first-order valence-corrected chi connectivity index (χ1v) is 12.8. The monoisotopic (exact) mass is 582 g/mol. The zero-order valence-corrected chi connectivity index (χ0v) is 23.0. The second-order valence-corrected chi connectivity index (χ2v) is 9.87. The second kappa shape index (κ2) is 16.5. The van der Waals surface area contributed by atoms with Crippen LogP contribution in [0.4, 0.5) is 0 Å². The molecule has 41 heavy (non-hydrogen) atoms. The number of amides is 5. The van der Waals surface area contributed by atoms with Crippen LogP contribution in [0.25, 0.3) is 0 Å². The molecule has 0 aliphatic rings. The molecular weight excluding hydrogens is 544 g/mol. The van der Waals surface area contributed by atoms with E-state index in [1.807, 2.05) is 0 Å². The number of rotatable bonds is 18. The van der Waals surface area contributed by atoms with Crippen LogP contribution in [-0.4, -0.2) is 91.9 Å². The molecule has 17 heteroatoms. The normalized spacial score (nSPS) is 14.6. The molecule has 0 aromatic carbocycles. The fourth-order valence-corrected chi connectivity index (χ4v) is 3.59. The van der Waals surface area contributed by atoms with Crippen LogP contribution in [0.5, 0.6) is 0 Å². The highest BCUT2D eigenvalue weighted by Gasteiger charge is 2.32. The molecule has 0 bridgehead atoms. The molecule has 0 unspecified atom stereocenters. The number of primary amides is 1. The summed E-state index contributed by atoms with van der Waals surface area (Å²) in [6.45, 7) is 4.77. The zero-order valence-electron chi connectivity index (χ0n) is 23.0. The van der Waals surface area contributed by atoms with Gasteiger partial charge in [-0.3, -0.25) is 28.8 Å². The minimum atomic E-state index is -1.70. The number of aromatic nitrogens is 2. The van der Waals surface area contributed by atoms with Gasteiger partial charge < -0.3 is 47.9 Å². The predicted octanol–water partition coefficient (Wildman–Crippen LogP) is -2.89. The average molecular weight is 583 g/mol. The average Bonchev–Trinajstić information content (AvgIpc) is 3.37. The van der Waals surface area contributed by atoms with Crippen molar-refractivity contribution in [3.8, 4) is 0 Å². The van der Waals surface area contributed by atoms with Crippen LogP contribution in [0.2, 0.25) is 0 Å². The van der Waals surface area contributed by atoms with Gasteiger partial charge in [-0.2, -0.15) is 0 Å². The lowest BCUT2D eigenvalue weighted by molar-refractivity contribution is -0.143. The summed E-state index contributed by atoms with van der Waals surface area (Å²) in [5.74, 6) is -7.36. The number of nitrogens with two attached hydrogens (primary N) is 2. The van der Waals surface area contributed by atoms with Crippen molar-refractivity contribution >= 4 is 41.5 Å². The fourth-order valence-electron chi connectivity index (χ4n) is 3.59. The van der Waals surface area contributed by atoms with Gasteiger partial charge in [-0.05, 0) is 25.7 Å². The number of nitrogens with zero attached hydrogens (tertiary/aromatic N) is 1. The summed E-state index contributed by atoms with van der Waals surface area (Å²) in [6, 6.07) is -6.75. The van der Waals surface area contributed by atoms with Crippen LogP contribution >= 0.6 is 0 Å². The summed E-state index contributed by atoms with van der Waals surface area (Å²) in [7, 11) is 0. The lowest BCUT2D eigenvalue weighted by atomic mass is 10.0. The molecular formula is C24H38N8O9. The molecule has 0 saturated heterocycles. The van der Waals surface area contributed by atoms with Crippen LogP contribution < -0.4 is 32.7 Å². The molecule has 0 spiro atoms. The van der Waals surface area contributed by atoms with Crippen LogP contribution in [-0.2, 0) is 40.0 Å². The number of carboxylic acid groups (broad SMARTS) is 2. The third-order valence-corrected chi connectivity index (χ3v) is 5.73. The van der Waals surface area contributed by atoms with E-state index in [1.54, 1.807) is 13.8 Å². The summed E-state index contributed by atoms with van der Waals surface area (Å²) < 4.78 is 0. The molecule has 0 aliphatic heterocycles. The summed E-state index contributed by atoms with van der Waals surface area (Å²) in [5.41, 5.74) is 11.6. The van der Waals surface area contributed by atoms with Gasteiger partial charge in [0.15, 0.2) is 0 Å². The van der Waals surface area contributed by atoms with Crippen molar-refractivity contribution in [1.29, 1.82) is 0 Å². The molecule has 0 radical (unpaired) electrons. The van der Waals surface area contributed by atoms with E-state index in [9.17, 15) is 43.8 Å². The first kappa shape index (κ1) is 34.5. The summed E-state index contributed by atoms with van der Waals surface area (Å²) in [5, 5.41) is 27.8. The minimum Gasteiger partial charge on any atom is -0.481 e. The van der Waals surface area contributed by atoms with E-state index in [1.165, 1.54) is 19.4 Å². The lowest BCUT2D eigenvalue weighted by Gasteiger charge is -2.25. The Hall–Kier alpha value is -4.54. The fraction of sp³-hybridized carbons (Fsp3) is 0.583. The van der Waals surface area contributed by atoms with Gasteiger partial charge in [0, 0.05) is 24.7 Å². The number of carboxylic acids is 2. The maximum absolute atomic E-state index is 13.0. The van der Waals surface area contributed by atoms with E-state index in [2.05, 4.69) is 31.2 Å². The van der Waals surface area contributed by atoms with Gasteiger partial charge in [0.25, 0.3) is 0 Å². The highest BCUT2D eigenvalue weighted by atomic mass is 16.4. The van der Waals surface area contributed by atoms with Gasteiger partial charge in [-0.25, -0.2) is 9.78 Å². The largest absolute Gasteiger partial charge is 0.481 e. The summed E-state index contributed by atoms with van der Waals surface area (Å²) in [6.07, 6.45) is 1.47. The van der Waals surface area contributed by atoms with Crippen LogP contribution in [0.15, 0.2) is 12.5 Å². The Morgan fingerprint density at radius 1 is 0.878 bits per heavy atom. The van der Waals surface area contributed by atoms with Gasteiger partial charge in [0.2, 0.25) is 29.5 Å². The van der Waals surface area contributed by atoms with Crippen molar-refractivity contribution in [1.82, 2.24) is 31.2 Å². The number of imidazole rings is 1. The Balaban J connectivity index is 2.96. The number of carbonyl (C=O) groups excluding carboxylic acids is 5. The van der Waals surface area contributed by atoms with E-state index in [0.29, 0.717) is 5.69 Å². The first-order valence-electron chi connectivity index (χ1n) is 12.8. The predicted molar refractivity (Wildman–Crippen MR) is 141 cm³/mol. The van der Waals surface area contributed by atoms with E-state index in [0.717, 1.165) is 0 Å².